The smallest absolute Gasteiger partial charge is 0.289 e. The van der Waals surface area contributed by atoms with Gasteiger partial charge in [-0.05, 0) is 27.7 Å². The Balaban J connectivity index is 2.81. The van der Waals surface area contributed by atoms with E-state index in [9.17, 15) is 4.79 Å². The van der Waals surface area contributed by atoms with Crippen LogP contribution in [0, 0.1) is 6.92 Å². The first-order valence-electron chi connectivity index (χ1n) is 6.76. The number of aliphatic hydroxyl groups excluding tert-OH is 1. The van der Waals surface area contributed by atoms with Crippen LogP contribution in [0.5, 0.6) is 0 Å². The van der Waals surface area contributed by atoms with Gasteiger partial charge >= 0.3 is 0 Å². The topological polar surface area (TPSA) is 44.4 Å². The third-order valence-electron chi connectivity index (χ3n) is 3.20. The summed E-state index contributed by atoms with van der Waals surface area (Å²) in [6.45, 7) is 10.7. The summed E-state index contributed by atoms with van der Waals surface area (Å²) in [6.07, 6.45) is 0.662. The van der Waals surface area contributed by atoms with Crippen LogP contribution in [0.3, 0.4) is 0 Å². The highest BCUT2D eigenvalue weighted by Gasteiger charge is 2.25. The molecule has 0 atom stereocenters. The molecule has 108 valence electrons. The van der Waals surface area contributed by atoms with E-state index in [0.717, 1.165) is 10.6 Å². The zero-order valence-corrected chi connectivity index (χ0v) is 13.3. The molecule has 1 rings (SSSR count). The number of rotatable bonds is 6. The summed E-state index contributed by atoms with van der Waals surface area (Å²) >= 11 is 1.60. The zero-order chi connectivity index (χ0) is 14.6. The largest absolute Gasteiger partial charge is 0.396 e. The van der Waals surface area contributed by atoms with E-state index in [1.54, 1.807) is 11.3 Å². The maximum atomic E-state index is 12.4. The first kappa shape index (κ1) is 16.1. The zero-order valence-electron chi connectivity index (χ0n) is 12.5. The quantitative estimate of drug-likeness (QED) is 0.806. The Bertz CT molecular complexity index is 419. The Kier molecular flexibility index (Phi) is 5.94. The Morgan fingerprint density at radius 2 is 1.95 bits per heavy atom. The minimum Gasteiger partial charge on any atom is -0.396 e. The number of hydrogen-bond donors (Lipinski definition) is 1. The van der Waals surface area contributed by atoms with Crippen LogP contribution in [0.4, 0.5) is 0 Å². The summed E-state index contributed by atoms with van der Waals surface area (Å²) in [7, 11) is 0. The van der Waals surface area contributed by atoms with Crippen LogP contribution in [0.15, 0.2) is 5.51 Å². The van der Waals surface area contributed by atoms with Crippen LogP contribution in [0.25, 0.3) is 0 Å². The van der Waals surface area contributed by atoms with Crippen LogP contribution < -0.4 is 4.57 Å². The summed E-state index contributed by atoms with van der Waals surface area (Å²) in [6, 6.07) is 0.424. The van der Waals surface area contributed by atoms with Gasteiger partial charge in [0.25, 0.3) is 5.91 Å². The van der Waals surface area contributed by atoms with Crippen molar-refractivity contribution in [1.82, 2.24) is 4.90 Å². The molecule has 5 heteroatoms. The van der Waals surface area contributed by atoms with Crippen molar-refractivity contribution in [3.05, 3.63) is 16.1 Å². The Morgan fingerprint density at radius 1 is 1.37 bits per heavy atom. The molecule has 1 aromatic rings. The maximum Gasteiger partial charge on any atom is 0.289 e. The molecule has 0 fully saturated rings. The molecule has 0 unspecified atom stereocenters. The highest BCUT2D eigenvalue weighted by atomic mass is 32.1. The number of carbonyl (C=O) groups excluding carboxylic acids is 1. The van der Waals surface area contributed by atoms with Crippen LogP contribution in [-0.2, 0) is 17.8 Å². The second kappa shape index (κ2) is 7.01. The molecule has 1 aromatic heterocycles. The average molecular weight is 285 g/mol. The van der Waals surface area contributed by atoms with Gasteiger partial charge < -0.3 is 10.0 Å². The summed E-state index contributed by atoms with van der Waals surface area (Å²) in [5.74, 6) is 0.145. The normalized spacial score (nSPS) is 11.4. The van der Waals surface area contributed by atoms with Crippen LogP contribution in [0.2, 0.25) is 0 Å². The maximum absolute atomic E-state index is 12.4. The number of hydrogen-bond acceptors (Lipinski definition) is 3. The minimum atomic E-state index is 0.145. The van der Waals surface area contributed by atoms with Gasteiger partial charge in [-0.15, -0.1) is 0 Å². The highest BCUT2D eigenvalue weighted by Crippen LogP contribution is 2.12. The summed E-state index contributed by atoms with van der Waals surface area (Å²) < 4.78 is 1.98. The molecule has 0 saturated heterocycles. The van der Waals surface area contributed by atoms with Crippen molar-refractivity contribution in [1.29, 1.82) is 0 Å². The van der Waals surface area contributed by atoms with Gasteiger partial charge in [0.2, 0.25) is 12.1 Å². The van der Waals surface area contributed by atoms with Crippen molar-refractivity contribution in [3.8, 4) is 0 Å². The third-order valence-corrected chi connectivity index (χ3v) is 4.35. The molecule has 0 aliphatic heterocycles. The molecule has 19 heavy (non-hydrogen) atoms. The number of aliphatic hydroxyl groups is 1. The van der Waals surface area contributed by atoms with Crippen molar-refractivity contribution >= 4 is 17.2 Å². The molecule has 1 N–H and O–H groups in total. The van der Waals surface area contributed by atoms with E-state index >= 15 is 0 Å². The molecular weight excluding hydrogens is 260 g/mol. The van der Waals surface area contributed by atoms with E-state index in [1.165, 1.54) is 0 Å². The molecule has 0 aliphatic carbocycles. The van der Waals surface area contributed by atoms with Crippen LogP contribution in [-0.4, -0.2) is 34.6 Å². The monoisotopic (exact) mass is 285 g/mol. The van der Waals surface area contributed by atoms with E-state index in [0.29, 0.717) is 13.0 Å². The molecule has 0 spiro atoms. The van der Waals surface area contributed by atoms with Crippen LogP contribution in [0.1, 0.15) is 38.3 Å². The van der Waals surface area contributed by atoms with Gasteiger partial charge in [0.1, 0.15) is 0 Å². The number of aromatic nitrogens is 1. The molecule has 1 amide bonds. The van der Waals surface area contributed by atoms with Gasteiger partial charge in [0.15, 0.2) is 5.69 Å². The number of carbonyl (C=O) groups is 1. The fourth-order valence-electron chi connectivity index (χ4n) is 2.35. The lowest BCUT2D eigenvalue weighted by Gasteiger charge is -2.29. The van der Waals surface area contributed by atoms with Crippen molar-refractivity contribution in [3.63, 3.8) is 0 Å². The van der Waals surface area contributed by atoms with Gasteiger partial charge in [-0.2, -0.15) is 4.57 Å². The molecule has 4 nitrogen and oxygen atoms in total. The first-order chi connectivity index (χ1) is 8.88. The van der Waals surface area contributed by atoms with Crippen molar-refractivity contribution in [2.75, 3.05) is 6.61 Å². The van der Waals surface area contributed by atoms with Crippen molar-refractivity contribution in [2.24, 2.45) is 0 Å². The van der Waals surface area contributed by atoms with E-state index in [-0.39, 0.29) is 24.6 Å². The van der Waals surface area contributed by atoms with Gasteiger partial charge in [0.05, 0.1) is 4.88 Å². The fourth-order valence-corrected chi connectivity index (χ4v) is 3.33. The second-order valence-corrected chi connectivity index (χ2v) is 6.26. The molecule has 0 bridgehead atoms. The first-order valence-corrected chi connectivity index (χ1v) is 7.64. The van der Waals surface area contributed by atoms with Gasteiger partial charge in [-0.3, -0.25) is 4.79 Å². The number of amides is 1. The standard InChI is InChI=1S/C14H25N2O2S/c1-10(2)16(11(3)4)14(18)8-15-9-19-13(6-7-17)12(15)5/h9-11,17H,6-8H2,1-5H3/q+1. The SMILES string of the molecule is Cc1c(CCO)sc[n+]1CC(=O)N(C(C)C)C(C)C. The molecular formula is C14H25N2O2S+. The predicted octanol–water partition coefficient (Wildman–Crippen LogP) is 1.52. The fraction of sp³-hybridized carbons (Fsp3) is 0.714. The van der Waals surface area contributed by atoms with Crippen LogP contribution >= 0.6 is 11.3 Å². The molecule has 1 heterocycles. The molecule has 0 radical (unpaired) electrons. The lowest BCUT2D eigenvalue weighted by molar-refractivity contribution is -0.686. The van der Waals surface area contributed by atoms with E-state index < -0.39 is 0 Å². The van der Waals surface area contributed by atoms with Crippen molar-refractivity contribution in [2.45, 2.75) is 59.7 Å². The molecule has 0 aromatic carbocycles. The van der Waals surface area contributed by atoms with E-state index in [4.69, 9.17) is 5.11 Å². The predicted molar refractivity (Wildman–Crippen MR) is 77.2 cm³/mol. The Labute approximate surface area is 119 Å². The van der Waals surface area contributed by atoms with Gasteiger partial charge in [0, 0.05) is 32.0 Å². The molecule has 0 aliphatic rings. The summed E-state index contributed by atoms with van der Waals surface area (Å²) in [5.41, 5.74) is 3.05. The number of thiazole rings is 1. The Hall–Kier alpha value is -0.940. The molecule has 0 saturated carbocycles. The van der Waals surface area contributed by atoms with E-state index in [2.05, 4.69) is 0 Å². The Morgan fingerprint density at radius 3 is 2.42 bits per heavy atom. The average Bonchev–Trinajstić information content (AvgIpc) is 2.61. The summed E-state index contributed by atoms with van der Waals surface area (Å²) in [5, 5.41) is 8.99. The minimum absolute atomic E-state index is 0.145. The third kappa shape index (κ3) is 4.01. The second-order valence-electron chi connectivity index (χ2n) is 5.32. The lowest BCUT2D eigenvalue weighted by atomic mass is 10.2. The van der Waals surface area contributed by atoms with Crippen molar-refractivity contribution < 1.29 is 14.5 Å². The highest BCUT2D eigenvalue weighted by molar-refractivity contribution is 7.09. The van der Waals surface area contributed by atoms with E-state index in [1.807, 2.05) is 49.6 Å². The van der Waals surface area contributed by atoms with Gasteiger partial charge in [-0.1, -0.05) is 11.3 Å². The number of nitrogens with zero attached hydrogens (tertiary/aromatic N) is 2. The summed E-state index contributed by atoms with van der Waals surface area (Å²) in [4.78, 5) is 15.4. The van der Waals surface area contributed by atoms with Gasteiger partial charge in [-0.25, -0.2) is 0 Å². The lowest BCUT2D eigenvalue weighted by Crippen LogP contribution is -2.50.